The van der Waals surface area contributed by atoms with Crippen molar-refractivity contribution in [1.29, 1.82) is 0 Å². The molecule has 3 aromatic rings. The molecule has 0 amide bonds. The highest BCUT2D eigenvalue weighted by Gasteiger charge is 2.09. The molecule has 0 atom stereocenters. The summed E-state index contributed by atoms with van der Waals surface area (Å²) in [6, 6.07) is 11.9. The van der Waals surface area contributed by atoms with Crippen LogP contribution in [0.2, 0.25) is 0 Å². The fraction of sp³-hybridized carbons (Fsp3) is 0.188. The van der Waals surface area contributed by atoms with Crippen LogP contribution in [0.15, 0.2) is 36.4 Å². The van der Waals surface area contributed by atoms with E-state index in [1.165, 1.54) is 0 Å². The van der Waals surface area contributed by atoms with E-state index >= 15 is 0 Å². The van der Waals surface area contributed by atoms with Crippen molar-refractivity contribution >= 4 is 27.2 Å². The van der Waals surface area contributed by atoms with Crippen molar-refractivity contribution in [2.24, 2.45) is 0 Å². The number of nitrogens with two attached hydrogens (primary N) is 1. The van der Waals surface area contributed by atoms with Gasteiger partial charge in [-0.2, -0.15) is 0 Å². The molecule has 0 spiro atoms. The molecule has 1 aromatic heterocycles. The Morgan fingerprint density at radius 2 is 2.05 bits per heavy atom. The minimum atomic E-state index is 0.675. The van der Waals surface area contributed by atoms with Crippen molar-refractivity contribution in [3.8, 4) is 16.3 Å². The largest absolute Gasteiger partial charge is 0.494 e. The average molecular weight is 284 g/mol. The second-order valence-corrected chi connectivity index (χ2v) is 5.69. The fourth-order valence-corrected chi connectivity index (χ4v) is 3.29. The number of fused-ring (bicyclic) bond motifs is 1. The zero-order valence-electron chi connectivity index (χ0n) is 11.5. The lowest BCUT2D eigenvalue weighted by Crippen LogP contribution is -1.90. The molecule has 0 bridgehead atoms. The van der Waals surface area contributed by atoms with Crippen LogP contribution in [-0.4, -0.2) is 11.6 Å². The van der Waals surface area contributed by atoms with Gasteiger partial charge in [0.25, 0.3) is 0 Å². The Morgan fingerprint density at radius 1 is 1.20 bits per heavy atom. The maximum atomic E-state index is 5.80. The Morgan fingerprint density at radius 3 is 2.80 bits per heavy atom. The lowest BCUT2D eigenvalue weighted by atomic mass is 10.1. The first kappa shape index (κ1) is 12.9. The third kappa shape index (κ3) is 2.34. The van der Waals surface area contributed by atoms with Crippen LogP contribution < -0.4 is 10.5 Å². The van der Waals surface area contributed by atoms with Gasteiger partial charge in [-0.1, -0.05) is 0 Å². The van der Waals surface area contributed by atoms with Crippen molar-refractivity contribution in [3.63, 3.8) is 0 Å². The summed E-state index contributed by atoms with van der Waals surface area (Å²) in [5.41, 5.74) is 9.87. The summed E-state index contributed by atoms with van der Waals surface area (Å²) in [5.74, 6) is 0.893. The Labute approximate surface area is 122 Å². The van der Waals surface area contributed by atoms with E-state index < -0.39 is 0 Å². The molecule has 0 aliphatic rings. The van der Waals surface area contributed by atoms with Gasteiger partial charge >= 0.3 is 0 Å². The quantitative estimate of drug-likeness (QED) is 0.731. The molecule has 0 aliphatic carbocycles. The molecular weight excluding hydrogens is 268 g/mol. The molecular formula is C16H16N2OS. The minimum Gasteiger partial charge on any atom is -0.494 e. The summed E-state index contributed by atoms with van der Waals surface area (Å²) in [4.78, 5) is 4.70. The summed E-state index contributed by atoms with van der Waals surface area (Å²) >= 11 is 1.68. The van der Waals surface area contributed by atoms with Gasteiger partial charge in [-0.3, -0.25) is 0 Å². The highest BCUT2D eigenvalue weighted by Crippen LogP contribution is 2.34. The molecule has 1 heterocycles. The molecule has 0 saturated carbocycles. The number of ether oxygens (including phenoxy) is 1. The van der Waals surface area contributed by atoms with Crippen molar-refractivity contribution < 1.29 is 4.74 Å². The molecule has 0 unspecified atom stereocenters. The third-order valence-corrected chi connectivity index (χ3v) is 4.20. The van der Waals surface area contributed by atoms with Gasteiger partial charge in [-0.25, -0.2) is 4.98 Å². The minimum absolute atomic E-state index is 0.675. The molecule has 102 valence electrons. The first-order chi connectivity index (χ1) is 9.67. The number of thiazole rings is 1. The lowest BCUT2D eigenvalue weighted by molar-refractivity contribution is 0.341. The van der Waals surface area contributed by atoms with Crippen LogP contribution in [0, 0.1) is 6.92 Å². The van der Waals surface area contributed by atoms with Gasteiger partial charge in [0, 0.05) is 11.3 Å². The van der Waals surface area contributed by atoms with Crippen molar-refractivity contribution in [2.75, 3.05) is 12.3 Å². The van der Waals surface area contributed by atoms with Crippen molar-refractivity contribution in [1.82, 2.24) is 4.98 Å². The van der Waals surface area contributed by atoms with Crippen LogP contribution in [0.5, 0.6) is 5.75 Å². The smallest absolute Gasteiger partial charge is 0.124 e. The van der Waals surface area contributed by atoms with E-state index in [9.17, 15) is 0 Å². The van der Waals surface area contributed by atoms with E-state index in [0.29, 0.717) is 6.61 Å². The van der Waals surface area contributed by atoms with Gasteiger partial charge in [-0.15, -0.1) is 11.3 Å². The summed E-state index contributed by atoms with van der Waals surface area (Å²) in [6.45, 7) is 4.72. The predicted molar refractivity (Wildman–Crippen MR) is 85.4 cm³/mol. The van der Waals surface area contributed by atoms with E-state index in [4.69, 9.17) is 15.5 Å². The van der Waals surface area contributed by atoms with Gasteiger partial charge < -0.3 is 10.5 Å². The Bertz CT molecular complexity index is 764. The lowest BCUT2D eigenvalue weighted by Gasteiger charge is -2.02. The monoisotopic (exact) mass is 284 g/mol. The summed E-state index contributed by atoms with van der Waals surface area (Å²) < 4.78 is 6.67. The first-order valence-corrected chi connectivity index (χ1v) is 7.39. The third-order valence-electron chi connectivity index (χ3n) is 3.15. The number of nitrogens with zero attached hydrogens (tertiary/aromatic N) is 1. The number of benzene rings is 2. The highest BCUT2D eigenvalue weighted by atomic mass is 32.1. The van der Waals surface area contributed by atoms with Crippen molar-refractivity contribution in [2.45, 2.75) is 13.8 Å². The van der Waals surface area contributed by atoms with E-state index in [1.807, 2.05) is 43.3 Å². The zero-order chi connectivity index (χ0) is 14.1. The van der Waals surface area contributed by atoms with Crippen LogP contribution in [0.1, 0.15) is 12.5 Å². The van der Waals surface area contributed by atoms with Crippen molar-refractivity contribution in [3.05, 3.63) is 42.0 Å². The van der Waals surface area contributed by atoms with Crippen LogP contribution in [0.4, 0.5) is 5.69 Å². The SMILES string of the molecule is CCOc1ccc2nc(-c3ccc(N)cc3C)sc2c1. The average Bonchev–Trinajstić information content (AvgIpc) is 2.81. The second kappa shape index (κ2) is 5.13. The second-order valence-electron chi connectivity index (χ2n) is 4.66. The van der Waals surface area contributed by atoms with Gasteiger partial charge in [0.15, 0.2) is 0 Å². The number of aromatic nitrogens is 1. The van der Waals surface area contributed by atoms with E-state index in [0.717, 1.165) is 37.8 Å². The van der Waals surface area contributed by atoms with Crippen LogP contribution in [0.3, 0.4) is 0 Å². The molecule has 0 fully saturated rings. The number of anilines is 1. The van der Waals surface area contributed by atoms with E-state index in [2.05, 4.69) is 6.92 Å². The molecule has 3 rings (SSSR count). The Kier molecular flexibility index (Phi) is 3.32. The Balaban J connectivity index is 2.08. The van der Waals surface area contributed by atoms with Gasteiger partial charge in [0.05, 0.1) is 16.8 Å². The molecule has 20 heavy (non-hydrogen) atoms. The molecule has 0 aliphatic heterocycles. The van der Waals surface area contributed by atoms with Crippen LogP contribution in [0.25, 0.3) is 20.8 Å². The van der Waals surface area contributed by atoms with E-state index in [1.54, 1.807) is 11.3 Å². The fourth-order valence-electron chi connectivity index (χ4n) is 2.20. The van der Waals surface area contributed by atoms with Gasteiger partial charge in [0.2, 0.25) is 0 Å². The van der Waals surface area contributed by atoms with E-state index in [-0.39, 0.29) is 0 Å². The van der Waals surface area contributed by atoms with Gasteiger partial charge in [0.1, 0.15) is 10.8 Å². The van der Waals surface area contributed by atoms with Crippen LogP contribution >= 0.6 is 11.3 Å². The van der Waals surface area contributed by atoms with Gasteiger partial charge in [-0.05, 0) is 55.8 Å². The number of aryl methyl sites for hydroxylation is 1. The molecule has 2 N–H and O–H groups in total. The Hall–Kier alpha value is -2.07. The normalized spacial score (nSPS) is 10.9. The molecule has 2 aromatic carbocycles. The maximum absolute atomic E-state index is 5.80. The molecule has 0 saturated heterocycles. The topological polar surface area (TPSA) is 48.1 Å². The summed E-state index contributed by atoms with van der Waals surface area (Å²) in [7, 11) is 0. The number of nitrogen functional groups attached to an aromatic ring is 1. The first-order valence-electron chi connectivity index (χ1n) is 6.57. The molecule has 3 nitrogen and oxygen atoms in total. The molecule has 4 heteroatoms. The standard InChI is InChI=1S/C16H16N2OS/c1-3-19-12-5-7-14-15(9-12)20-16(18-14)13-6-4-11(17)8-10(13)2/h4-9H,3,17H2,1-2H3. The zero-order valence-corrected chi connectivity index (χ0v) is 12.3. The summed E-state index contributed by atoms with van der Waals surface area (Å²) in [6.07, 6.45) is 0. The highest BCUT2D eigenvalue weighted by molar-refractivity contribution is 7.21. The molecule has 0 radical (unpaired) electrons. The number of rotatable bonds is 3. The maximum Gasteiger partial charge on any atom is 0.124 e. The number of hydrogen-bond donors (Lipinski definition) is 1. The number of hydrogen-bond acceptors (Lipinski definition) is 4. The summed E-state index contributed by atoms with van der Waals surface area (Å²) in [5, 5.41) is 1.02. The van der Waals surface area contributed by atoms with Crippen LogP contribution in [-0.2, 0) is 0 Å². The predicted octanol–water partition coefficient (Wildman–Crippen LogP) is 4.25.